The fourth-order valence-corrected chi connectivity index (χ4v) is 5.14. The van der Waals surface area contributed by atoms with Gasteiger partial charge >= 0.3 is 0 Å². The van der Waals surface area contributed by atoms with E-state index in [2.05, 4.69) is 53.1 Å². The van der Waals surface area contributed by atoms with Crippen LogP contribution in [0.1, 0.15) is 54.7 Å². The van der Waals surface area contributed by atoms with Gasteiger partial charge in [-0.1, -0.05) is 56.8 Å². The average Bonchev–Trinajstić information content (AvgIpc) is 3.34. The molecule has 0 fully saturated rings. The molecule has 4 heterocycles. The van der Waals surface area contributed by atoms with Crippen LogP contribution in [-0.2, 0) is 20.1 Å². The van der Waals surface area contributed by atoms with Crippen LogP contribution in [0.2, 0.25) is 0 Å². The topological polar surface area (TPSA) is 38.7 Å². The molecule has 0 spiro atoms. The maximum absolute atomic E-state index is 8.40. The van der Waals surface area contributed by atoms with Gasteiger partial charge in [-0.2, -0.15) is 11.3 Å². The van der Waals surface area contributed by atoms with Crippen molar-refractivity contribution in [1.82, 2.24) is 15.0 Å². The van der Waals surface area contributed by atoms with Gasteiger partial charge in [-0.05, 0) is 51.0 Å². The Morgan fingerprint density at radius 2 is 1.71 bits per heavy atom. The number of nitrogens with zero attached hydrogens (tertiary/aromatic N) is 3. The molecule has 38 heavy (non-hydrogen) atoms. The first-order valence-corrected chi connectivity index (χ1v) is 13.0. The molecule has 0 bridgehead atoms. The molecule has 0 saturated heterocycles. The van der Waals surface area contributed by atoms with Crippen molar-refractivity contribution in [2.45, 2.75) is 39.5 Å². The van der Waals surface area contributed by atoms with Gasteiger partial charge in [-0.25, -0.2) is 0 Å². The summed E-state index contributed by atoms with van der Waals surface area (Å²) < 4.78 is 26.9. The molecule has 0 aliphatic rings. The van der Waals surface area contributed by atoms with Gasteiger partial charge in [0.2, 0.25) is 0 Å². The number of benzene rings is 2. The second kappa shape index (κ2) is 12.5. The van der Waals surface area contributed by atoms with E-state index in [1.165, 1.54) is 5.56 Å². The summed E-state index contributed by atoms with van der Waals surface area (Å²) >= 11 is 1.61. The minimum absolute atomic E-state index is 0. The van der Waals surface area contributed by atoms with Crippen molar-refractivity contribution in [2.75, 3.05) is 0 Å². The van der Waals surface area contributed by atoms with Crippen molar-refractivity contribution in [2.24, 2.45) is 0 Å². The van der Waals surface area contributed by atoms with E-state index in [4.69, 9.17) is 4.11 Å². The SMILES string of the molecule is CC(C)c1ccnc(-c2[c-]cccc2)c1.[2H]c1c(C([2H])(C)C)cnc(-c2[c-]ccc3c2sc2ccncc23)c1[2H].[Ir]. The van der Waals surface area contributed by atoms with E-state index >= 15 is 0 Å². The van der Waals surface area contributed by atoms with Crippen LogP contribution in [0.3, 0.4) is 0 Å². The third kappa shape index (κ3) is 6.07. The van der Waals surface area contributed by atoms with Crippen LogP contribution >= 0.6 is 11.3 Å². The first-order chi connectivity index (χ1) is 19.1. The molecule has 6 aromatic rings. The standard InChI is InChI=1S/C19H15N2S.C14H14N.Ir/c1-12(2)13-6-7-17(21-10-13)15-5-3-4-14-16-11-20-9-8-18(16)22-19(14)15;1-11(2)13-8-9-15-14(10-13)12-6-4-3-5-7-12;/h3-4,6-12H,1-2H3;3-6,8-11H,1-2H3;/q2*-1;/i6D,7D,12D;;. The van der Waals surface area contributed by atoms with Crippen LogP contribution in [0.4, 0.5) is 0 Å². The molecule has 3 nitrogen and oxygen atoms in total. The molecule has 0 aliphatic carbocycles. The zero-order valence-electron chi connectivity index (χ0n) is 24.7. The molecule has 4 aromatic heterocycles. The zero-order chi connectivity index (χ0) is 28.4. The number of pyridine rings is 3. The Hall–Kier alpha value is -3.24. The molecule has 0 aliphatic heterocycles. The van der Waals surface area contributed by atoms with Crippen molar-refractivity contribution in [1.29, 1.82) is 0 Å². The molecule has 1 radical (unpaired) electrons. The van der Waals surface area contributed by atoms with E-state index in [-0.39, 0.29) is 32.2 Å². The summed E-state index contributed by atoms with van der Waals surface area (Å²) in [6, 6.07) is 24.4. The summed E-state index contributed by atoms with van der Waals surface area (Å²) in [5.74, 6) is -0.423. The van der Waals surface area contributed by atoms with Crippen LogP contribution in [0.25, 0.3) is 42.7 Å². The molecular weight excluding hydrogens is 663 g/mol. The summed E-state index contributed by atoms with van der Waals surface area (Å²) in [5.41, 5.74) is 4.99. The molecule has 0 amide bonds. The van der Waals surface area contributed by atoms with Crippen LogP contribution in [0.15, 0.2) is 91.5 Å². The van der Waals surface area contributed by atoms with E-state index in [0.717, 1.165) is 37.0 Å². The molecule has 6 rings (SSSR count). The quantitative estimate of drug-likeness (QED) is 0.173. The van der Waals surface area contributed by atoms with Crippen LogP contribution < -0.4 is 0 Å². The fraction of sp³-hybridized carbons (Fsp3) is 0.182. The number of thiophene rings is 1. The number of aromatic nitrogens is 3. The Kier molecular flexibility index (Phi) is 7.87. The normalized spacial score (nSPS) is 12.3. The Bertz CT molecular complexity index is 1800. The van der Waals surface area contributed by atoms with Crippen molar-refractivity contribution < 1.29 is 24.2 Å². The Balaban J connectivity index is 0.000000208. The Labute approximate surface area is 246 Å². The first-order valence-electron chi connectivity index (χ1n) is 13.7. The van der Waals surface area contributed by atoms with Crippen molar-refractivity contribution >= 4 is 31.5 Å². The van der Waals surface area contributed by atoms with Gasteiger partial charge in [-0.3, -0.25) is 4.98 Å². The maximum Gasteiger partial charge on any atom is 0.0619 e. The third-order valence-corrected chi connectivity index (χ3v) is 7.29. The average molecular weight is 695 g/mol. The predicted octanol–water partition coefficient (Wildman–Crippen LogP) is 9.10. The van der Waals surface area contributed by atoms with Crippen LogP contribution in [0, 0.1) is 12.1 Å². The summed E-state index contributed by atoms with van der Waals surface area (Å²) in [6.45, 7) is 7.78. The van der Waals surface area contributed by atoms with E-state index in [0.29, 0.717) is 17.2 Å². The second-order valence-corrected chi connectivity index (χ2v) is 10.3. The van der Waals surface area contributed by atoms with E-state index in [1.54, 1.807) is 37.6 Å². The minimum atomic E-state index is -0.961. The molecule has 0 atom stereocenters. The summed E-state index contributed by atoms with van der Waals surface area (Å²) in [7, 11) is 0. The monoisotopic (exact) mass is 695 g/mol. The fourth-order valence-electron chi connectivity index (χ4n) is 3.97. The molecule has 5 heteroatoms. The number of fused-ring (bicyclic) bond motifs is 3. The Morgan fingerprint density at radius 1 is 0.842 bits per heavy atom. The van der Waals surface area contributed by atoms with Gasteiger partial charge in [0.15, 0.2) is 0 Å². The predicted molar refractivity (Wildman–Crippen MR) is 156 cm³/mol. The summed E-state index contributed by atoms with van der Waals surface area (Å²) in [5, 5.41) is 2.12. The van der Waals surface area contributed by atoms with E-state index < -0.39 is 5.89 Å². The summed E-state index contributed by atoms with van der Waals surface area (Å²) in [4.78, 5) is 13.0. The van der Waals surface area contributed by atoms with Crippen molar-refractivity contribution in [3.05, 3.63) is 115 Å². The molecular formula is C33H29IrN3S-2. The van der Waals surface area contributed by atoms with Crippen molar-refractivity contribution in [3.8, 4) is 22.5 Å². The smallest absolute Gasteiger partial charge is 0.0619 e. The molecule has 0 unspecified atom stereocenters. The Morgan fingerprint density at radius 3 is 2.47 bits per heavy atom. The number of rotatable bonds is 4. The number of hydrogen-bond acceptors (Lipinski definition) is 4. The van der Waals surface area contributed by atoms with E-state index in [9.17, 15) is 0 Å². The van der Waals surface area contributed by atoms with Gasteiger partial charge in [0.05, 0.1) is 2.74 Å². The second-order valence-electron chi connectivity index (χ2n) is 9.25. The van der Waals surface area contributed by atoms with Gasteiger partial charge in [0.25, 0.3) is 0 Å². The van der Waals surface area contributed by atoms with Crippen LogP contribution in [-0.4, -0.2) is 15.0 Å². The maximum atomic E-state index is 8.40. The number of hydrogen-bond donors (Lipinski definition) is 0. The van der Waals surface area contributed by atoms with Gasteiger partial charge < -0.3 is 9.97 Å². The summed E-state index contributed by atoms with van der Waals surface area (Å²) in [6.07, 6.45) is 7.02. The van der Waals surface area contributed by atoms with Crippen molar-refractivity contribution in [3.63, 3.8) is 0 Å². The van der Waals surface area contributed by atoms with Gasteiger partial charge in [0, 0.05) is 51.0 Å². The van der Waals surface area contributed by atoms with Gasteiger partial charge in [0.1, 0.15) is 0 Å². The molecule has 0 N–H and O–H groups in total. The van der Waals surface area contributed by atoms with Crippen LogP contribution in [0.5, 0.6) is 0 Å². The van der Waals surface area contributed by atoms with Gasteiger partial charge in [-0.15, -0.1) is 59.7 Å². The molecule has 193 valence electrons. The zero-order valence-corrected chi connectivity index (χ0v) is 24.9. The minimum Gasteiger partial charge on any atom is -0.305 e. The molecule has 2 aromatic carbocycles. The third-order valence-electron chi connectivity index (χ3n) is 6.08. The van der Waals surface area contributed by atoms with E-state index in [1.807, 2.05) is 54.9 Å². The largest absolute Gasteiger partial charge is 0.305 e. The first kappa shape index (κ1) is 23.8. The molecule has 0 saturated carbocycles.